The molecule has 0 saturated carbocycles. The maximum absolute atomic E-state index is 12.9. The van der Waals surface area contributed by atoms with E-state index < -0.39 is 0 Å². The van der Waals surface area contributed by atoms with Crippen molar-refractivity contribution < 1.29 is 9.21 Å². The Labute approximate surface area is 139 Å². The molecule has 3 aromatic heterocycles. The van der Waals surface area contributed by atoms with Crippen molar-refractivity contribution in [3.05, 3.63) is 56.4 Å². The number of benzene rings is 1. The number of aryl methyl sites for hydroxylation is 1. The molecule has 0 unspecified atom stereocenters. The number of thiophene rings is 2. The summed E-state index contributed by atoms with van der Waals surface area (Å²) in [6.45, 7) is 3.50. The Kier molecular flexibility index (Phi) is 3.21. The summed E-state index contributed by atoms with van der Waals surface area (Å²) in [5.41, 5.74) is 1.23. The van der Waals surface area contributed by atoms with Crippen molar-refractivity contribution in [1.29, 1.82) is 0 Å². The van der Waals surface area contributed by atoms with E-state index in [0.29, 0.717) is 26.8 Å². The fraction of sp³-hybridized carbons (Fsp3) is 0.111. The quantitative estimate of drug-likeness (QED) is 0.468. The highest BCUT2D eigenvalue weighted by Crippen LogP contribution is 2.40. The lowest BCUT2D eigenvalue weighted by Crippen LogP contribution is -2.01. The number of carbonyl (C=O) groups excluding carboxylic acids is 1. The van der Waals surface area contributed by atoms with Gasteiger partial charge in [-0.15, -0.1) is 22.7 Å². The molecule has 0 aliphatic heterocycles. The van der Waals surface area contributed by atoms with Gasteiger partial charge in [-0.25, -0.2) is 0 Å². The second-order valence-electron chi connectivity index (χ2n) is 5.34. The molecule has 0 N–H and O–H groups in total. The zero-order valence-corrected chi connectivity index (χ0v) is 14.1. The highest BCUT2D eigenvalue weighted by molar-refractivity contribution is 7.24. The Morgan fingerprint density at radius 2 is 1.87 bits per heavy atom. The summed E-state index contributed by atoms with van der Waals surface area (Å²) in [7, 11) is 0. The lowest BCUT2D eigenvalue weighted by molar-refractivity contribution is 0.102. The maximum atomic E-state index is 12.9. The molecule has 1 aromatic carbocycles. The monoisotopic (exact) mass is 340 g/mol. The van der Waals surface area contributed by atoms with Gasteiger partial charge >= 0.3 is 0 Å². The lowest BCUT2D eigenvalue weighted by Gasteiger charge is -1.99. The third-order valence-electron chi connectivity index (χ3n) is 3.78. The van der Waals surface area contributed by atoms with E-state index in [1.54, 1.807) is 13.0 Å². The number of rotatable bonds is 2. The van der Waals surface area contributed by atoms with Gasteiger partial charge in [-0.3, -0.25) is 9.59 Å². The molecule has 0 fully saturated rings. The first kappa shape index (κ1) is 14.4. The van der Waals surface area contributed by atoms with Gasteiger partial charge in [0.2, 0.25) is 5.43 Å². The zero-order valence-electron chi connectivity index (χ0n) is 12.5. The Bertz CT molecular complexity index is 1130. The molecule has 0 atom stereocenters. The van der Waals surface area contributed by atoms with Crippen LogP contribution in [-0.2, 0) is 0 Å². The van der Waals surface area contributed by atoms with Crippen molar-refractivity contribution in [1.82, 2.24) is 0 Å². The zero-order chi connectivity index (χ0) is 16.1. The number of carbonyl (C=O) groups is 1. The fourth-order valence-corrected chi connectivity index (χ4v) is 4.77. The van der Waals surface area contributed by atoms with Crippen molar-refractivity contribution in [3.8, 4) is 9.75 Å². The highest BCUT2D eigenvalue weighted by atomic mass is 32.1. The van der Waals surface area contributed by atoms with Crippen LogP contribution in [0.3, 0.4) is 0 Å². The molecule has 114 valence electrons. The van der Waals surface area contributed by atoms with Gasteiger partial charge in [0.25, 0.3) is 0 Å². The van der Waals surface area contributed by atoms with E-state index in [4.69, 9.17) is 4.42 Å². The van der Waals surface area contributed by atoms with E-state index in [0.717, 1.165) is 14.6 Å². The van der Waals surface area contributed by atoms with Crippen LogP contribution in [-0.4, -0.2) is 5.78 Å². The van der Waals surface area contributed by atoms with Gasteiger partial charge in [-0.1, -0.05) is 12.1 Å². The summed E-state index contributed by atoms with van der Waals surface area (Å²) in [5.74, 6) is 0.0383. The average Bonchev–Trinajstić information content (AvgIpc) is 3.13. The SMILES string of the molecule is CC(=O)c1ccc(-c2sc(C)c3oc4ccccc4c(=O)c23)s1. The van der Waals surface area contributed by atoms with Crippen molar-refractivity contribution in [2.24, 2.45) is 0 Å². The normalized spacial score (nSPS) is 11.4. The van der Waals surface area contributed by atoms with Crippen LogP contribution < -0.4 is 5.43 Å². The molecular weight excluding hydrogens is 328 g/mol. The smallest absolute Gasteiger partial charge is 0.202 e. The first-order valence-corrected chi connectivity index (χ1v) is 8.75. The Hall–Kier alpha value is -2.24. The number of para-hydroxylation sites is 1. The van der Waals surface area contributed by atoms with Crippen molar-refractivity contribution in [2.45, 2.75) is 13.8 Å². The van der Waals surface area contributed by atoms with Gasteiger partial charge in [-0.05, 0) is 38.1 Å². The van der Waals surface area contributed by atoms with E-state index >= 15 is 0 Å². The van der Waals surface area contributed by atoms with Crippen molar-refractivity contribution in [3.63, 3.8) is 0 Å². The molecule has 23 heavy (non-hydrogen) atoms. The molecule has 0 bridgehead atoms. The largest absolute Gasteiger partial charge is 0.455 e. The van der Waals surface area contributed by atoms with E-state index in [1.165, 1.54) is 22.7 Å². The molecule has 0 aliphatic rings. The summed E-state index contributed by atoms with van der Waals surface area (Å²) in [6.07, 6.45) is 0. The predicted molar refractivity (Wildman–Crippen MR) is 95.9 cm³/mol. The van der Waals surface area contributed by atoms with Gasteiger partial charge in [-0.2, -0.15) is 0 Å². The van der Waals surface area contributed by atoms with E-state index in [9.17, 15) is 9.59 Å². The molecule has 0 saturated heterocycles. The van der Waals surface area contributed by atoms with E-state index in [-0.39, 0.29) is 11.2 Å². The summed E-state index contributed by atoms with van der Waals surface area (Å²) in [4.78, 5) is 27.9. The molecular formula is C18H12O3S2. The Morgan fingerprint density at radius 3 is 2.61 bits per heavy atom. The van der Waals surface area contributed by atoms with E-state index in [2.05, 4.69) is 0 Å². The van der Waals surface area contributed by atoms with Crippen LogP contribution in [0.1, 0.15) is 21.5 Å². The van der Waals surface area contributed by atoms with Crippen LogP contribution in [0.2, 0.25) is 0 Å². The number of Topliss-reactive ketones (excluding diaryl/α,β-unsaturated/α-hetero) is 1. The molecule has 0 radical (unpaired) electrons. The molecule has 3 nitrogen and oxygen atoms in total. The standard InChI is InChI=1S/C18H12O3S2/c1-9(19)13-7-8-14(23-13)18-15-16(20)11-5-3-4-6-12(11)21-17(15)10(2)22-18/h3-8H,1-2H3. The van der Waals surface area contributed by atoms with Gasteiger partial charge < -0.3 is 4.42 Å². The van der Waals surface area contributed by atoms with Crippen molar-refractivity contribution in [2.75, 3.05) is 0 Å². The second kappa shape index (κ2) is 5.15. The van der Waals surface area contributed by atoms with Crippen LogP contribution in [0.25, 0.3) is 31.7 Å². The summed E-state index contributed by atoms with van der Waals surface area (Å²) in [5, 5.41) is 1.20. The minimum atomic E-state index is -0.0148. The second-order valence-corrected chi connectivity index (χ2v) is 7.65. The number of hydrogen-bond acceptors (Lipinski definition) is 5. The van der Waals surface area contributed by atoms with Gasteiger partial charge in [0.1, 0.15) is 5.58 Å². The molecule has 5 heteroatoms. The average molecular weight is 340 g/mol. The molecule has 3 heterocycles. The predicted octanol–water partition coefficient (Wildman–Crippen LogP) is 5.25. The minimum Gasteiger partial charge on any atom is -0.455 e. The van der Waals surface area contributed by atoms with Crippen LogP contribution >= 0.6 is 22.7 Å². The molecule has 0 aliphatic carbocycles. The number of hydrogen-bond donors (Lipinski definition) is 0. The first-order chi connectivity index (χ1) is 11.1. The van der Waals surface area contributed by atoms with Crippen molar-refractivity contribution >= 4 is 50.4 Å². The van der Waals surface area contributed by atoms with Crippen LogP contribution in [0.5, 0.6) is 0 Å². The number of ketones is 1. The molecule has 0 amide bonds. The van der Waals surface area contributed by atoms with Gasteiger partial charge in [0.15, 0.2) is 11.4 Å². The molecule has 4 rings (SSSR count). The fourth-order valence-electron chi connectivity index (χ4n) is 2.67. The van der Waals surface area contributed by atoms with Gasteiger partial charge in [0.05, 0.1) is 20.5 Å². The first-order valence-electron chi connectivity index (χ1n) is 7.12. The van der Waals surface area contributed by atoms with Crippen LogP contribution in [0, 0.1) is 6.92 Å². The summed E-state index contributed by atoms with van der Waals surface area (Å²) < 4.78 is 5.96. The van der Waals surface area contributed by atoms with Crippen LogP contribution in [0.4, 0.5) is 0 Å². The topological polar surface area (TPSA) is 47.3 Å². The maximum Gasteiger partial charge on any atom is 0.202 e. The van der Waals surface area contributed by atoms with E-state index in [1.807, 2.05) is 37.3 Å². The third kappa shape index (κ3) is 2.16. The minimum absolute atomic E-state index is 0.0148. The van der Waals surface area contributed by atoms with Gasteiger partial charge in [0, 0.05) is 9.75 Å². The third-order valence-corrected chi connectivity index (χ3v) is 6.23. The highest BCUT2D eigenvalue weighted by Gasteiger charge is 2.19. The Balaban J connectivity index is 2.09. The van der Waals surface area contributed by atoms with Crippen LogP contribution in [0.15, 0.2) is 45.6 Å². The number of fused-ring (bicyclic) bond motifs is 2. The molecule has 4 aromatic rings. The molecule has 0 spiro atoms. The summed E-state index contributed by atoms with van der Waals surface area (Å²) in [6, 6.07) is 11.0. The Morgan fingerprint density at radius 1 is 1.09 bits per heavy atom. The summed E-state index contributed by atoms with van der Waals surface area (Å²) >= 11 is 2.95. The lowest BCUT2D eigenvalue weighted by atomic mass is 10.1.